The molecule has 1 N–H and O–H groups in total. The van der Waals surface area contributed by atoms with E-state index >= 15 is 0 Å². The van der Waals surface area contributed by atoms with E-state index in [2.05, 4.69) is 0 Å². The molecule has 0 spiro atoms. The van der Waals surface area contributed by atoms with Crippen LogP contribution in [0.5, 0.6) is 0 Å². The van der Waals surface area contributed by atoms with E-state index < -0.39 is 11.9 Å². The Morgan fingerprint density at radius 1 is 1.16 bits per heavy atom. The zero-order chi connectivity index (χ0) is 15.0. The number of amides is 1. The summed E-state index contributed by atoms with van der Waals surface area (Å²) in [7, 11) is 0. The van der Waals surface area contributed by atoms with E-state index in [-0.39, 0.29) is 24.5 Å². The summed E-state index contributed by atoms with van der Waals surface area (Å²) in [5, 5.41) is 8.93. The van der Waals surface area contributed by atoms with Gasteiger partial charge >= 0.3 is 5.97 Å². The second-order valence-corrected chi connectivity index (χ2v) is 5.45. The van der Waals surface area contributed by atoms with Gasteiger partial charge in [-0.1, -0.05) is 20.8 Å². The molecule has 0 saturated carbocycles. The topological polar surface area (TPSA) is 66.8 Å². The lowest BCUT2D eigenvalue weighted by Crippen LogP contribution is -2.40. The molecule has 0 aromatic rings. The van der Waals surface area contributed by atoms with Crippen LogP contribution in [0.4, 0.5) is 0 Å². The number of rotatable bonds is 9. The first-order valence-corrected chi connectivity index (χ1v) is 6.88. The van der Waals surface area contributed by atoms with Crippen LogP contribution in [-0.2, 0) is 14.3 Å². The van der Waals surface area contributed by atoms with E-state index in [0.29, 0.717) is 13.2 Å². The molecular weight excluding hydrogens is 246 g/mol. The molecule has 0 radical (unpaired) electrons. The summed E-state index contributed by atoms with van der Waals surface area (Å²) in [4.78, 5) is 24.5. The Hall–Kier alpha value is -1.10. The summed E-state index contributed by atoms with van der Waals surface area (Å²) < 4.78 is 5.43. The van der Waals surface area contributed by atoms with Gasteiger partial charge < -0.3 is 14.7 Å². The van der Waals surface area contributed by atoms with Crippen LogP contribution in [0.25, 0.3) is 0 Å². The van der Waals surface area contributed by atoms with Crippen molar-refractivity contribution < 1.29 is 19.4 Å². The van der Waals surface area contributed by atoms with Crippen molar-refractivity contribution in [1.29, 1.82) is 0 Å². The highest BCUT2D eigenvalue weighted by Gasteiger charge is 2.22. The molecule has 19 heavy (non-hydrogen) atoms. The third kappa shape index (κ3) is 7.82. The monoisotopic (exact) mass is 273 g/mol. The van der Waals surface area contributed by atoms with Gasteiger partial charge in [0.25, 0.3) is 0 Å². The molecule has 0 bridgehead atoms. The fourth-order valence-electron chi connectivity index (χ4n) is 1.64. The number of carboxylic acids is 1. The minimum absolute atomic E-state index is 0.00218. The summed E-state index contributed by atoms with van der Waals surface area (Å²) in [6.45, 7) is 10.6. The van der Waals surface area contributed by atoms with E-state index in [1.54, 1.807) is 11.8 Å². The number of aliphatic carboxylic acids is 1. The van der Waals surface area contributed by atoms with Gasteiger partial charge in [0.15, 0.2) is 0 Å². The van der Waals surface area contributed by atoms with Crippen molar-refractivity contribution in [3.8, 4) is 0 Å². The van der Waals surface area contributed by atoms with Gasteiger partial charge in [0.05, 0.1) is 12.0 Å². The van der Waals surface area contributed by atoms with Crippen LogP contribution in [-0.4, -0.2) is 47.7 Å². The Morgan fingerprint density at radius 2 is 1.74 bits per heavy atom. The second kappa shape index (κ2) is 8.91. The van der Waals surface area contributed by atoms with Crippen molar-refractivity contribution in [1.82, 2.24) is 4.90 Å². The van der Waals surface area contributed by atoms with E-state index in [4.69, 9.17) is 9.84 Å². The van der Waals surface area contributed by atoms with Crippen LogP contribution in [0.3, 0.4) is 0 Å². The van der Waals surface area contributed by atoms with Gasteiger partial charge in [0, 0.05) is 25.6 Å². The molecule has 0 aliphatic rings. The maximum absolute atomic E-state index is 12.0. The Balaban J connectivity index is 4.34. The van der Waals surface area contributed by atoms with Crippen LogP contribution in [0, 0.1) is 11.8 Å². The molecule has 0 fully saturated rings. The number of carboxylic acid groups (broad SMARTS) is 1. The van der Waals surface area contributed by atoms with Crippen molar-refractivity contribution in [2.45, 2.75) is 47.1 Å². The van der Waals surface area contributed by atoms with Crippen molar-refractivity contribution >= 4 is 11.9 Å². The standard InChI is InChI=1S/C14H27NO4/c1-10(2)13(16)15(9-12(5)14(17)18)7-6-8-19-11(3)4/h10-12H,6-9H2,1-5H3,(H,17,18). The quantitative estimate of drug-likeness (QED) is 0.653. The van der Waals surface area contributed by atoms with Crippen LogP contribution in [0.1, 0.15) is 41.0 Å². The first-order chi connectivity index (χ1) is 8.75. The molecule has 0 aliphatic carbocycles. The first kappa shape index (κ1) is 17.9. The predicted molar refractivity (Wildman–Crippen MR) is 73.9 cm³/mol. The van der Waals surface area contributed by atoms with Gasteiger partial charge in [-0.05, 0) is 20.3 Å². The van der Waals surface area contributed by atoms with Crippen LogP contribution >= 0.6 is 0 Å². The average Bonchev–Trinajstić information content (AvgIpc) is 2.31. The summed E-state index contributed by atoms with van der Waals surface area (Å²) >= 11 is 0. The molecular formula is C14H27NO4. The Morgan fingerprint density at radius 3 is 2.16 bits per heavy atom. The zero-order valence-corrected chi connectivity index (χ0v) is 12.7. The molecule has 5 nitrogen and oxygen atoms in total. The number of nitrogens with zero attached hydrogens (tertiary/aromatic N) is 1. The molecule has 1 amide bonds. The molecule has 1 unspecified atom stereocenters. The number of carbonyl (C=O) groups is 2. The fraction of sp³-hybridized carbons (Fsp3) is 0.857. The van der Waals surface area contributed by atoms with Crippen molar-refractivity contribution in [2.24, 2.45) is 11.8 Å². The SMILES string of the molecule is CC(C)OCCCN(CC(C)C(=O)O)C(=O)C(C)C. The zero-order valence-electron chi connectivity index (χ0n) is 12.7. The van der Waals surface area contributed by atoms with E-state index in [0.717, 1.165) is 6.42 Å². The number of hydrogen-bond acceptors (Lipinski definition) is 3. The first-order valence-electron chi connectivity index (χ1n) is 6.88. The fourth-order valence-corrected chi connectivity index (χ4v) is 1.64. The largest absolute Gasteiger partial charge is 0.481 e. The molecule has 112 valence electrons. The van der Waals surface area contributed by atoms with Gasteiger partial charge in [-0.25, -0.2) is 0 Å². The van der Waals surface area contributed by atoms with Crippen LogP contribution in [0.2, 0.25) is 0 Å². The Labute approximate surface area is 115 Å². The van der Waals surface area contributed by atoms with Crippen LogP contribution < -0.4 is 0 Å². The van der Waals surface area contributed by atoms with E-state index in [1.165, 1.54) is 0 Å². The van der Waals surface area contributed by atoms with Crippen molar-refractivity contribution in [3.05, 3.63) is 0 Å². The van der Waals surface area contributed by atoms with E-state index in [1.807, 2.05) is 27.7 Å². The minimum Gasteiger partial charge on any atom is -0.481 e. The third-order valence-electron chi connectivity index (χ3n) is 2.74. The second-order valence-electron chi connectivity index (χ2n) is 5.45. The highest BCUT2D eigenvalue weighted by molar-refractivity contribution is 5.79. The lowest BCUT2D eigenvalue weighted by Gasteiger charge is -2.26. The number of carbonyl (C=O) groups excluding carboxylic acids is 1. The highest BCUT2D eigenvalue weighted by Crippen LogP contribution is 2.07. The highest BCUT2D eigenvalue weighted by atomic mass is 16.5. The van der Waals surface area contributed by atoms with Gasteiger partial charge in [0.2, 0.25) is 5.91 Å². The van der Waals surface area contributed by atoms with Crippen molar-refractivity contribution in [2.75, 3.05) is 19.7 Å². The summed E-state index contributed by atoms with van der Waals surface area (Å²) in [5.41, 5.74) is 0. The molecule has 0 aromatic carbocycles. The molecule has 0 aromatic heterocycles. The lowest BCUT2D eigenvalue weighted by molar-refractivity contribution is -0.143. The van der Waals surface area contributed by atoms with Gasteiger partial charge in [0.1, 0.15) is 0 Å². The maximum atomic E-state index is 12.0. The van der Waals surface area contributed by atoms with E-state index in [9.17, 15) is 9.59 Å². The molecule has 0 rings (SSSR count). The Kier molecular flexibility index (Phi) is 8.39. The normalized spacial score (nSPS) is 12.8. The molecule has 0 heterocycles. The summed E-state index contributed by atoms with van der Waals surface area (Å²) in [6, 6.07) is 0. The Bertz CT molecular complexity index is 289. The predicted octanol–water partition coefficient (Wildman–Crippen LogP) is 2.01. The molecule has 0 aliphatic heterocycles. The molecule has 5 heteroatoms. The smallest absolute Gasteiger partial charge is 0.308 e. The molecule has 1 atom stereocenters. The van der Waals surface area contributed by atoms with Gasteiger partial charge in [-0.15, -0.1) is 0 Å². The average molecular weight is 273 g/mol. The summed E-state index contributed by atoms with van der Waals surface area (Å²) in [6.07, 6.45) is 0.899. The summed E-state index contributed by atoms with van der Waals surface area (Å²) in [5.74, 6) is -1.54. The van der Waals surface area contributed by atoms with Gasteiger partial charge in [-0.3, -0.25) is 9.59 Å². The number of ether oxygens (including phenoxy) is 1. The van der Waals surface area contributed by atoms with Gasteiger partial charge in [-0.2, -0.15) is 0 Å². The maximum Gasteiger partial charge on any atom is 0.308 e. The lowest BCUT2D eigenvalue weighted by atomic mass is 10.1. The minimum atomic E-state index is -0.875. The molecule has 0 saturated heterocycles. The third-order valence-corrected chi connectivity index (χ3v) is 2.74. The van der Waals surface area contributed by atoms with Crippen LogP contribution in [0.15, 0.2) is 0 Å². The number of hydrogen-bond donors (Lipinski definition) is 1. The van der Waals surface area contributed by atoms with Crippen molar-refractivity contribution in [3.63, 3.8) is 0 Å².